The van der Waals surface area contributed by atoms with Gasteiger partial charge in [-0.05, 0) is 39.9 Å². The molecule has 0 bridgehead atoms. The second kappa shape index (κ2) is 11.2. The number of halogens is 1. The van der Waals surface area contributed by atoms with Gasteiger partial charge in [-0.3, -0.25) is 14.7 Å². The lowest BCUT2D eigenvalue weighted by atomic mass is 10.2. The number of allylic oxidation sites excluding steroid dienone is 1. The largest absolute Gasteiger partial charge is 0.367 e. The van der Waals surface area contributed by atoms with Gasteiger partial charge < -0.3 is 15.1 Å². The first-order chi connectivity index (χ1) is 15.8. The number of carbonyl (C=O) groups is 1. The molecule has 2 aromatic heterocycles. The second-order valence-electron chi connectivity index (χ2n) is 7.84. The zero-order chi connectivity index (χ0) is 24.0. The van der Waals surface area contributed by atoms with Gasteiger partial charge in [0.05, 0.1) is 28.7 Å². The molecule has 0 radical (unpaired) electrons. The summed E-state index contributed by atoms with van der Waals surface area (Å²) in [7, 11) is 3.87. The monoisotopic (exact) mass is 472 g/mol. The summed E-state index contributed by atoms with van der Waals surface area (Å²) in [6.45, 7) is 9.84. The molecule has 2 aromatic rings. The van der Waals surface area contributed by atoms with Crippen molar-refractivity contribution in [3.63, 3.8) is 0 Å². The minimum atomic E-state index is -0.530. The van der Waals surface area contributed by atoms with Crippen LogP contribution in [0.2, 0.25) is 0 Å². The van der Waals surface area contributed by atoms with Crippen molar-refractivity contribution in [2.45, 2.75) is 13.8 Å². The molecule has 1 aliphatic rings. The molecule has 1 aliphatic heterocycles. The third-order valence-electron chi connectivity index (χ3n) is 5.07. The molecule has 0 unspecified atom stereocenters. The molecule has 9 nitrogen and oxygen atoms in total. The van der Waals surface area contributed by atoms with E-state index in [4.69, 9.17) is 0 Å². The maximum atomic E-state index is 14.6. The fourth-order valence-corrected chi connectivity index (χ4v) is 4.18. The summed E-state index contributed by atoms with van der Waals surface area (Å²) < 4.78 is 14.6. The van der Waals surface area contributed by atoms with Gasteiger partial charge in [0, 0.05) is 39.0 Å². The summed E-state index contributed by atoms with van der Waals surface area (Å²) in [5, 5.41) is 3.04. The average Bonchev–Trinajstić information content (AvgIpc) is 2.81. The fraction of sp³-hybridized carbons (Fsp3) is 0.409. The maximum absolute atomic E-state index is 14.6. The Morgan fingerprint density at radius 3 is 2.52 bits per heavy atom. The Bertz CT molecular complexity index is 1020. The Labute approximate surface area is 197 Å². The molecule has 0 aromatic carbocycles. The average molecular weight is 473 g/mol. The van der Waals surface area contributed by atoms with Crippen LogP contribution in [-0.4, -0.2) is 83.5 Å². The van der Waals surface area contributed by atoms with Crippen LogP contribution in [0.4, 0.5) is 21.8 Å². The zero-order valence-corrected chi connectivity index (χ0v) is 20.2. The van der Waals surface area contributed by atoms with E-state index in [1.165, 1.54) is 11.8 Å². The SMILES string of the molecule is C=N/C(C)=C(\SCN(C)C)c1nc(Nc2ccc(N3CCN(C(C)=O)CC3)cn2)ncc1F. The number of amides is 1. The number of thioether (sulfide) groups is 1. The normalized spacial score (nSPS) is 14.8. The predicted molar refractivity (Wildman–Crippen MR) is 132 cm³/mol. The Hall–Kier alpha value is -3.05. The molecule has 33 heavy (non-hydrogen) atoms. The van der Waals surface area contributed by atoms with Crippen molar-refractivity contribution >= 4 is 46.7 Å². The van der Waals surface area contributed by atoms with Crippen LogP contribution in [0.1, 0.15) is 19.5 Å². The molecule has 1 fully saturated rings. The second-order valence-corrected chi connectivity index (χ2v) is 8.79. The zero-order valence-electron chi connectivity index (χ0n) is 19.4. The van der Waals surface area contributed by atoms with Crippen molar-refractivity contribution in [3.8, 4) is 0 Å². The number of nitrogens with one attached hydrogen (secondary N) is 1. The summed E-state index contributed by atoms with van der Waals surface area (Å²) in [6.07, 6.45) is 2.90. The lowest BCUT2D eigenvalue weighted by molar-refractivity contribution is -0.129. The van der Waals surface area contributed by atoms with Gasteiger partial charge >= 0.3 is 0 Å². The van der Waals surface area contributed by atoms with Gasteiger partial charge in [-0.15, -0.1) is 11.8 Å². The van der Waals surface area contributed by atoms with Crippen LogP contribution >= 0.6 is 11.8 Å². The van der Waals surface area contributed by atoms with Gasteiger partial charge in [-0.2, -0.15) is 0 Å². The number of hydrogen-bond acceptors (Lipinski definition) is 9. The number of carbonyl (C=O) groups excluding carboxylic acids is 1. The minimum Gasteiger partial charge on any atom is -0.367 e. The quantitative estimate of drug-likeness (QED) is 0.463. The molecule has 0 atom stereocenters. The number of rotatable bonds is 8. The van der Waals surface area contributed by atoms with Crippen LogP contribution in [0.3, 0.4) is 0 Å². The van der Waals surface area contributed by atoms with Gasteiger partial charge in [0.15, 0.2) is 5.82 Å². The van der Waals surface area contributed by atoms with E-state index < -0.39 is 5.82 Å². The molecule has 1 amide bonds. The molecule has 0 saturated carbocycles. The summed E-state index contributed by atoms with van der Waals surface area (Å²) in [4.78, 5) is 35.0. The summed E-state index contributed by atoms with van der Waals surface area (Å²) in [5.74, 6) is 0.990. The highest BCUT2D eigenvalue weighted by molar-refractivity contribution is 8.08. The smallest absolute Gasteiger partial charge is 0.229 e. The van der Waals surface area contributed by atoms with E-state index in [0.29, 0.717) is 35.4 Å². The standard InChI is InChI=1S/C22H29FN8OS/c1-15(24-3)21(33-14-29(4)5)20-18(23)13-26-22(28-20)27-19-7-6-17(12-25-19)31-10-8-30(9-11-31)16(2)32/h6-7,12-13H,3,8-11,14H2,1-2,4-5H3,(H,25,26,27,28)/b21-15-. The van der Waals surface area contributed by atoms with Crippen LogP contribution in [0, 0.1) is 5.82 Å². The Kier molecular flexibility index (Phi) is 8.34. The highest BCUT2D eigenvalue weighted by Crippen LogP contribution is 2.32. The van der Waals surface area contributed by atoms with Crippen LogP contribution in [-0.2, 0) is 4.79 Å². The van der Waals surface area contributed by atoms with Crippen molar-refractivity contribution in [2.24, 2.45) is 4.99 Å². The lowest BCUT2D eigenvalue weighted by Gasteiger charge is -2.35. The number of hydrogen-bond donors (Lipinski definition) is 1. The Balaban J connectivity index is 1.73. The van der Waals surface area contributed by atoms with Crippen molar-refractivity contribution in [1.82, 2.24) is 24.8 Å². The molecular formula is C22H29FN8OS. The first kappa shape index (κ1) is 24.6. The molecule has 3 rings (SSSR count). The number of pyridine rings is 1. The van der Waals surface area contributed by atoms with Gasteiger partial charge in [0.1, 0.15) is 11.5 Å². The number of aliphatic imine (C=N–C) groups is 1. The number of piperazine rings is 1. The number of aromatic nitrogens is 3. The number of anilines is 3. The van der Waals surface area contributed by atoms with E-state index in [9.17, 15) is 9.18 Å². The maximum Gasteiger partial charge on any atom is 0.229 e. The highest BCUT2D eigenvalue weighted by atomic mass is 32.2. The third kappa shape index (κ3) is 6.48. The first-order valence-electron chi connectivity index (χ1n) is 10.5. The molecule has 1 saturated heterocycles. The highest BCUT2D eigenvalue weighted by Gasteiger charge is 2.19. The molecule has 0 spiro atoms. The van der Waals surface area contributed by atoms with Crippen molar-refractivity contribution < 1.29 is 9.18 Å². The van der Waals surface area contributed by atoms with Gasteiger partial charge in [0.2, 0.25) is 11.9 Å². The van der Waals surface area contributed by atoms with Crippen molar-refractivity contribution in [1.29, 1.82) is 0 Å². The summed E-state index contributed by atoms with van der Waals surface area (Å²) >= 11 is 1.43. The molecule has 1 N–H and O–H groups in total. The van der Waals surface area contributed by atoms with Crippen LogP contribution < -0.4 is 10.2 Å². The summed E-state index contributed by atoms with van der Waals surface area (Å²) in [5.41, 5.74) is 1.74. The first-order valence-corrected chi connectivity index (χ1v) is 11.5. The number of nitrogens with zero attached hydrogens (tertiary/aromatic N) is 7. The van der Waals surface area contributed by atoms with E-state index in [2.05, 4.69) is 36.9 Å². The third-order valence-corrected chi connectivity index (χ3v) is 6.49. The van der Waals surface area contributed by atoms with Gasteiger partial charge in [-0.1, -0.05) is 0 Å². The van der Waals surface area contributed by atoms with Crippen LogP contribution in [0.5, 0.6) is 0 Å². The van der Waals surface area contributed by atoms with E-state index in [1.807, 2.05) is 36.0 Å². The van der Waals surface area contributed by atoms with E-state index in [1.54, 1.807) is 20.0 Å². The topological polar surface area (TPSA) is 89.9 Å². The van der Waals surface area contributed by atoms with E-state index >= 15 is 0 Å². The Morgan fingerprint density at radius 1 is 1.21 bits per heavy atom. The molecular weight excluding hydrogens is 443 g/mol. The van der Waals surface area contributed by atoms with Crippen LogP contribution in [0.15, 0.2) is 35.2 Å². The van der Waals surface area contributed by atoms with Crippen LogP contribution in [0.25, 0.3) is 4.91 Å². The minimum absolute atomic E-state index is 0.100. The van der Waals surface area contributed by atoms with Crippen molar-refractivity contribution in [2.75, 3.05) is 56.4 Å². The lowest BCUT2D eigenvalue weighted by Crippen LogP contribution is -2.48. The van der Waals surface area contributed by atoms with E-state index in [0.717, 1.165) is 25.0 Å². The predicted octanol–water partition coefficient (Wildman–Crippen LogP) is 3.06. The summed E-state index contributed by atoms with van der Waals surface area (Å²) in [6, 6.07) is 3.78. The van der Waals surface area contributed by atoms with Gasteiger partial charge in [-0.25, -0.2) is 19.3 Å². The van der Waals surface area contributed by atoms with E-state index in [-0.39, 0.29) is 17.5 Å². The molecule has 11 heteroatoms. The molecule has 3 heterocycles. The molecule has 0 aliphatic carbocycles. The van der Waals surface area contributed by atoms with Crippen molar-refractivity contribution in [3.05, 3.63) is 41.7 Å². The van der Waals surface area contributed by atoms with Gasteiger partial charge in [0.25, 0.3) is 0 Å². The Morgan fingerprint density at radius 2 is 1.94 bits per heavy atom. The molecule has 176 valence electrons. The fourth-order valence-electron chi connectivity index (χ4n) is 3.24.